The number of carbonyl (C=O) groups is 1. The van der Waals surface area contributed by atoms with Gasteiger partial charge in [-0.15, -0.1) is 0 Å². The Morgan fingerprint density at radius 2 is 2.33 bits per heavy atom. The van der Waals surface area contributed by atoms with Crippen molar-refractivity contribution in [1.82, 2.24) is 4.90 Å². The number of amides is 1. The van der Waals surface area contributed by atoms with Crippen molar-refractivity contribution >= 4 is 17.3 Å². The molecule has 0 saturated carbocycles. The predicted octanol–water partition coefficient (Wildman–Crippen LogP) is 1.61. The number of piperidine rings is 1. The molecule has 4 N–H and O–H groups in total. The number of hydrogen-bond acceptors (Lipinski definition) is 4. The van der Waals surface area contributed by atoms with Gasteiger partial charge in [-0.05, 0) is 56.3 Å². The number of aryl methyl sites for hydroxylation is 1. The number of likely N-dealkylation sites (tertiary alicyclic amines) is 1. The molecule has 1 atom stereocenters. The van der Waals surface area contributed by atoms with Crippen molar-refractivity contribution in [2.75, 3.05) is 37.3 Å². The number of aliphatic hydroxyl groups is 1. The number of nitrogens with zero attached hydrogens (tertiary/aromatic N) is 1. The zero-order valence-corrected chi connectivity index (χ0v) is 12.6. The minimum atomic E-state index is -0.0112. The molecule has 116 valence electrons. The number of aliphatic hydroxyl groups excluding tert-OH is 1. The van der Waals surface area contributed by atoms with Gasteiger partial charge in [0.15, 0.2) is 0 Å². The van der Waals surface area contributed by atoms with Crippen molar-refractivity contribution in [1.29, 1.82) is 0 Å². The summed E-state index contributed by atoms with van der Waals surface area (Å²) in [5.41, 5.74) is 8.29. The standard InChI is InChI=1S/C16H25N3O2/c1-12-4-5-14(9-15(12)17)18-16(21)11-19-7-2-3-13(10-19)6-8-20/h4-5,9,13,20H,2-3,6-8,10-11,17H2,1H3,(H,18,21). The summed E-state index contributed by atoms with van der Waals surface area (Å²) in [4.78, 5) is 14.3. The molecule has 1 aromatic rings. The van der Waals surface area contributed by atoms with E-state index in [2.05, 4.69) is 10.2 Å². The van der Waals surface area contributed by atoms with Crippen LogP contribution in [0.5, 0.6) is 0 Å². The summed E-state index contributed by atoms with van der Waals surface area (Å²) in [6.45, 7) is 4.41. The first kappa shape index (κ1) is 15.8. The van der Waals surface area contributed by atoms with Crippen LogP contribution in [0.3, 0.4) is 0 Å². The van der Waals surface area contributed by atoms with E-state index in [1.807, 2.05) is 19.1 Å². The van der Waals surface area contributed by atoms with Gasteiger partial charge in [0.2, 0.25) is 5.91 Å². The number of nitrogen functional groups attached to an aromatic ring is 1. The summed E-state index contributed by atoms with van der Waals surface area (Å²) in [5, 5.41) is 11.9. The SMILES string of the molecule is Cc1ccc(NC(=O)CN2CCCC(CCO)C2)cc1N. The second kappa shape index (κ2) is 7.43. The van der Waals surface area contributed by atoms with Gasteiger partial charge in [-0.1, -0.05) is 6.07 Å². The molecule has 0 radical (unpaired) electrons. The minimum Gasteiger partial charge on any atom is -0.398 e. The zero-order valence-electron chi connectivity index (χ0n) is 12.6. The van der Waals surface area contributed by atoms with E-state index in [0.717, 1.165) is 43.6 Å². The Balaban J connectivity index is 1.84. The fourth-order valence-corrected chi connectivity index (χ4v) is 2.83. The third kappa shape index (κ3) is 4.72. The monoisotopic (exact) mass is 291 g/mol. The summed E-state index contributed by atoms with van der Waals surface area (Å²) >= 11 is 0. The summed E-state index contributed by atoms with van der Waals surface area (Å²) in [7, 11) is 0. The van der Waals surface area contributed by atoms with Gasteiger partial charge in [0.1, 0.15) is 0 Å². The van der Waals surface area contributed by atoms with Crippen LogP contribution in [0.4, 0.5) is 11.4 Å². The lowest BCUT2D eigenvalue weighted by Crippen LogP contribution is -2.40. The third-order valence-corrected chi connectivity index (χ3v) is 4.07. The fraction of sp³-hybridized carbons (Fsp3) is 0.562. The molecule has 1 aliphatic rings. The van der Waals surface area contributed by atoms with E-state index in [1.165, 1.54) is 0 Å². The Morgan fingerprint density at radius 1 is 1.52 bits per heavy atom. The highest BCUT2D eigenvalue weighted by Crippen LogP contribution is 2.20. The molecule has 1 amide bonds. The van der Waals surface area contributed by atoms with Gasteiger partial charge in [-0.25, -0.2) is 0 Å². The minimum absolute atomic E-state index is 0.0112. The number of hydrogen-bond donors (Lipinski definition) is 3. The Labute approximate surface area is 126 Å². The lowest BCUT2D eigenvalue weighted by molar-refractivity contribution is -0.117. The van der Waals surface area contributed by atoms with Crippen LogP contribution in [0.2, 0.25) is 0 Å². The molecule has 0 aromatic heterocycles. The van der Waals surface area contributed by atoms with Gasteiger partial charge in [0.25, 0.3) is 0 Å². The molecular formula is C16H25N3O2. The number of nitrogens with two attached hydrogens (primary N) is 1. The van der Waals surface area contributed by atoms with E-state index in [1.54, 1.807) is 6.07 Å². The summed E-state index contributed by atoms with van der Waals surface area (Å²) in [5.74, 6) is 0.495. The van der Waals surface area contributed by atoms with Crippen LogP contribution in [0.1, 0.15) is 24.8 Å². The Kier molecular flexibility index (Phi) is 5.59. The van der Waals surface area contributed by atoms with Crippen molar-refractivity contribution in [3.8, 4) is 0 Å². The maximum Gasteiger partial charge on any atom is 0.238 e. The van der Waals surface area contributed by atoms with E-state index in [-0.39, 0.29) is 12.5 Å². The highest BCUT2D eigenvalue weighted by molar-refractivity contribution is 5.92. The molecule has 1 heterocycles. The predicted molar refractivity (Wildman–Crippen MR) is 85.1 cm³/mol. The van der Waals surface area contributed by atoms with E-state index < -0.39 is 0 Å². The molecule has 0 bridgehead atoms. The molecule has 1 aromatic carbocycles. The van der Waals surface area contributed by atoms with Gasteiger partial charge >= 0.3 is 0 Å². The molecule has 1 fully saturated rings. The Hall–Kier alpha value is -1.59. The quantitative estimate of drug-likeness (QED) is 0.720. The molecular weight excluding hydrogens is 266 g/mol. The van der Waals surface area contributed by atoms with Gasteiger partial charge in [0.05, 0.1) is 6.54 Å². The highest BCUT2D eigenvalue weighted by atomic mass is 16.3. The van der Waals surface area contributed by atoms with Gasteiger partial charge in [-0.2, -0.15) is 0 Å². The molecule has 1 saturated heterocycles. The smallest absolute Gasteiger partial charge is 0.238 e. The molecule has 5 nitrogen and oxygen atoms in total. The average molecular weight is 291 g/mol. The van der Waals surface area contributed by atoms with Crippen LogP contribution in [0, 0.1) is 12.8 Å². The third-order valence-electron chi connectivity index (χ3n) is 4.07. The zero-order chi connectivity index (χ0) is 15.2. The van der Waals surface area contributed by atoms with Crippen LogP contribution in [-0.4, -0.2) is 42.2 Å². The van der Waals surface area contributed by atoms with Gasteiger partial charge < -0.3 is 16.2 Å². The number of nitrogens with one attached hydrogen (secondary N) is 1. The second-order valence-electron chi connectivity index (χ2n) is 5.88. The van der Waals surface area contributed by atoms with Crippen molar-refractivity contribution in [3.05, 3.63) is 23.8 Å². The fourth-order valence-electron chi connectivity index (χ4n) is 2.83. The van der Waals surface area contributed by atoms with E-state index in [4.69, 9.17) is 10.8 Å². The number of anilines is 2. The maximum atomic E-state index is 12.1. The second-order valence-corrected chi connectivity index (χ2v) is 5.88. The maximum absolute atomic E-state index is 12.1. The summed E-state index contributed by atoms with van der Waals surface area (Å²) in [6.07, 6.45) is 3.06. The Morgan fingerprint density at radius 3 is 3.05 bits per heavy atom. The first-order chi connectivity index (χ1) is 10.1. The molecule has 5 heteroatoms. The van der Waals surface area contributed by atoms with Gasteiger partial charge in [-0.3, -0.25) is 9.69 Å². The van der Waals surface area contributed by atoms with Crippen molar-refractivity contribution in [2.45, 2.75) is 26.2 Å². The summed E-state index contributed by atoms with van der Waals surface area (Å²) in [6, 6.07) is 5.56. The van der Waals surface area contributed by atoms with Crippen LogP contribution < -0.4 is 11.1 Å². The normalized spacial score (nSPS) is 19.4. The molecule has 21 heavy (non-hydrogen) atoms. The van der Waals surface area contributed by atoms with Crippen LogP contribution in [0.15, 0.2) is 18.2 Å². The van der Waals surface area contributed by atoms with E-state index in [9.17, 15) is 4.79 Å². The van der Waals surface area contributed by atoms with Crippen molar-refractivity contribution in [3.63, 3.8) is 0 Å². The molecule has 1 unspecified atom stereocenters. The molecule has 2 rings (SSSR count). The molecule has 0 aliphatic carbocycles. The number of carbonyl (C=O) groups excluding carboxylic acids is 1. The van der Waals surface area contributed by atoms with Gasteiger partial charge in [0, 0.05) is 24.5 Å². The van der Waals surface area contributed by atoms with Crippen LogP contribution in [-0.2, 0) is 4.79 Å². The number of rotatable bonds is 5. The highest BCUT2D eigenvalue weighted by Gasteiger charge is 2.21. The lowest BCUT2D eigenvalue weighted by atomic mass is 9.95. The summed E-state index contributed by atoms with van der Waals surface area (Å²) < 4.78 is 0. The number of benzene rings is 1. The first-order valence-corrected chi connectivity index (χ1v) is 7.57. The van der Waals surface area contributed by atoms with Crippen LogP contribution >= 0.6 is 0 Å². The Bertz CT molecular complexity index is 488. The van der Waals surface area contributed by atoms with E-state index >= 15 is 0 Å². The largest absolute Gasteiger partial charge is 0.398 e. The van der Waals surface area contributed by atoms with E-state index in [0.29, 0.717) is 18.2 Å². The first-order valence-electron chi connectivity index (χ1n) is 7.57. The van der Waals surface area contributed by atoms with Crippen LogP contribution in [0.25, 0.3) is 0 Å². The van der Waals surface area contributed by atoms with Crippen molar-refractivity contribution in [2.24, 2.45) is 5.92 Å². The topological polar surface area (TPSA) is 78.6 Å². The molecule has 1 aliphatic heterocycles. The van der Waals surface area contributed by atoms with Crippen molar-refractivity contribution < 1.29 is 9.90 Å². The lowest BCUT2D eigenvalue weighted by Gasteiger charge is -2.31. The average Bonchev–Trinajstić information content (AvgIpc) is 2.43. The molecule has 0 spiro atoms.